The van der Waals surface area contributed by atoms with Gasteiger partial charge in [-0.15, -0.1) is 0 Å². The summed E-state index contributed by atoms with van der Waals surface area (Å²) in [7, 11) is 6.03. The number of hydrogen-bond acceptors (Lipinski definition) is 3. The van der Waals surface area contributed by atoms with Crippen molar-refractivity contribution >= 4 is 5.96 Å². The van der Waals surface area contributed by atoms with Gasteiger partial charge < -0.3 is 15.5 Å². The lowest BCUT2D eigenvalue weighted by atomic mass is 10.1. The van der Waals surface area contributed by atoms with Gasteiger partial charge in [0.15, 0.2) is 5.96 Å². The zero-order valence-corrected chi connectivity index (χ0v) is 16.0. The molecule has 1 rings (SSSR count). The summed E-state index contributed by atoms with van der Waals surface area (Å²) >= 11 is 0. The summed E-state index contributed by atoms with van der Waals surface area (Å²) in [6.45, 7) is 9.36. The van der Waals surface area contributed by atoms with E-state index in [-0.39, 0.29) is 0 Å². The number of nitrogens with one attached hydrogen (secondary N) is 2. The number of hydrogen-bond donors (Lipinski definition) is 2. The first kappa shape index (κ1) is 20.5. The van der Waals surface area contributed by atoms with Gasteiger partial charge >= 0.3 is 0 Å². The van der Waals surface area contributed by atoms with Gasteiger partial charge in [0.2, 0.25) is 0 Å². The minimum Gasteiger partial charge on any atom is -0.356 e. The Morgan fingerprint density at radius 2 is 1.75 bits per heavy atom. The largest absolute Gasteiger partial charge is 0.356 e. The van der Waals surface area contributed by atoms with E-state index < -0.39 is 0 Å². The molecule has 1 aromatic carbocycles. The van der Waals surface area contributed by atoms with Crippen molar-refractivity contribution in [2.75, 3.05) is 53.9 Å². The zero-order valence-electron chi connectivity index (χ0n) is 16.0. The molecule has 5 heteroatoms. The van der Waals surface area contributed by atoms with E-state index in [0.29, 0.717) is 6.04 Å². The highest BCUT2D eigenvalue weighted by atomic mass is 15.2. The summed E-state index contributed by atoms with van der Waals surface area (Å²) in [5.74, 6) is 0.877. The van der Waals surface area contributed by atoms with Crippen LogP contribution in [0.3, 0.4) is 0 Å². The number of aliphatic imine (C=N–C) groups is 1. The van der Waals surface area contributed by atoms with Crippen molar-refractivity contribution < 1.29 is 0 Å². The van der Waals surface area contributed by atoms with Crippen molar-refractivity contribution in [1.82, 2.24) is 20.4 Å². The Morgan fingerprint density at radius 3 is 2.29 bits per heavy atom. The predicted molar refractivity (Wildman–Crippen MR) is 105 cm³/mol. The van der Waals surface area contributed by atoms with Crippen LogP contribution in [-0.4, -0.2) is 69.6 Å². The van der Waals surface area contributed by atoms with E-state index in [0.717, 1.165) is 45.1 Å². The van der Waals surface area contributed by atoms with Crippen molar-refractivity contribution in [2.24, 2.45) is 4.99 Å². The van der Waals surface area contributed by atoms with Crippen LogP contribution in [0.5, 0.6) is 0 Å². The maximum atomic E-state index is 4.34. The molecule has 0 spiro atoms. The summed E-state index contributed by atoms with van der Waals surface area (Å²) in [5.41, 5.74) is 1.34. The van der Waals surface area contributed by atoms with Crippen LogP contribution in [0.2, 0.25) is 0 Å². The van der Waals surface area contributed by atoms with Crippen LogP contribution in [0, 0.1) is 0 Å². The predicted octanol–water partition coefficient (Wildman–Crippen LogP) is 2.19. The van der Waals surface area contributed by atoms with Crippen LogP contribution in [0.15, 0.2) is 35.3 Å². The first-order valence-electron chi connectivity index (χ1n) is 9.00. The highest BCUT2D eigenvalue weighted by Gasteiger charge is 2.17. The van der Waals surface area contributed by atoms with E-state index in [4.69, 9.17) is 0 Å². The van der Waals surface area contributed by atoms with E-state index in [1.54, 1.807) is 0 Å². The molecule has 0 aromatic heterocycles. The Hall–Kier alpha value is -1.59. The molecule has 0 amide bonds. The third-order valence-corrected chi connectivity index (χ3v) is 4.20. The molecule has 0 heterocycles. The van der Waals surface area contributed by atoms with E-state index >= 15 is 0 Å². The lowest BCUT2D eigenvalue weighted by Crippen LogP contribution is -2.43. The van der Waals surface area contributed by atoms with Crippen molar-refractivity contribution in [3.8, 4) is 0 Å². The first-order valence-corrected chi connectivity index (χ1v) is 9.00. The summed E-state index contributed by atoms with van der Waals surface area (Å²) in [4.78, 5) is 9.02. The van der Waals surface area contributed by atoms with Gasteiger partial charge in [0.05, 0.1) is 6.04 Å². The summed E-state index contributed by atoms with van der Waals surface area (Å²) in [6, 6.07) is 11.1. The van der Waals surface area contributed by atoms with E-state index in [9.17, 15) is 0 Å². The van der Waals surface area contributed by atoms with Crippen LogP contribution in [0.1, 0.15) is 31.9 Å². The van der Waals surface area contributed by atoms with Gasteiger partial charge in [-0.3, -0.25) is 9.89 Å². The normalized spacial score (nSPS) is 13.4. The monoisotopic (exact) mass is 333 g/mol. The van der Waals surface area contributed by atoms with Crippen LogP contribution < -0.4 is 10.6 Å². The molecule has 1 aromatic rings. The van der Waals surface area contributed by atoms with Gasteiger partial charge in [-0.2, -0.15) is 0 Å². The van der Waals surface area contributed by atoms with Crippen molar-refractivity contribution in [2.45, 2.75) is 26.3 Å². The Bertz CT molecular complexity index is 454. The fraction of sp³-hybridized carbons (Fsp3) is 0.632. The average molecular weight is 334 g/mol. The number of nitrogens with zero attached hydrogens (tertiary/aromatic N) is 3. The number of guanidine groups is 1. The quantitative estimate of drug-likeness (QED) is 0.391. The molecule has 5 nitrogen and oxygen atoms in total. The topological polar surface area (TPSA) is 42.9 Å². The van der Waals surface area contributed by atoms with Crippen molar-refractivity contribution in [1.29, 1.82) is 0 Å². The second-order valence-electron chi connectivity index (χ2n) is 6.18. The maximum Gasteiger partial charge on any atom is 0.191 e. The number of likely N-dealkylation sites (N-methyl/N-ethyl adjacent to an activating group) is 1. The molecule has 1 atom stereocenters. The lowest BCUT2D eigenvalue weighted by molar-refractivity contribution is 0.219. The minimum absolute atomic E-state index is 0.349. The second kappa shape index (κ2) is 11.9. The van der Waals surface area contributed by atoms with Crippen LogP contribution in [0.4, 0.5) is 0 Å². The Balaban J connectivity index is 2.59. The molecule has 0 aliphatic carbocycles. The third-order valence-electron chi connectivity index (χ3n) is 4.20. The Morgan fingerprint density at radius 1 is 1.08 bits per heavy atom. The fourth-order valence-electron chi connectivity index (χ4n) is 2.81. The summed E-state index contributed by atoms with van der Waals surface area (Å²) < 4.78 is 0. The Labute approximate surface area is 148 Å². The SMILES string of the molecule is CCN(CC)C(CNC(=NC)NCCCN(C)C)c1ccccc1. The van der Waals surface area contributed by atoms with Crippen LogP contribution in [-0.2, 0) is 0 Å². The van der Waals surface area contributed by atoms with E-state index in [1.807, 2.05) is 7.05 Å². The maximum absolute atomic E-state index is 4.34. The first-order chi connectivity index (χ1) is 11.6. The Kier molecular flexibility index (Phi) is 10.1. The molecule has 2 N–H and O–H groups in total. The third kappa shape index (κ3) is 7.32. The standard InChI is InChI=1S/C19H35N5/c1-6-24(7-2)18(17-12-9-8-10-13-17)16-22-19(20-3)21-14-11-15-23(4)5/h8-10,12-13,18H,6-7,11,14-16H2,1-5H3,(H2,20,21,22). The molecule has 0 saturated carbocycles. The van der Waals surface area contributed by atoms with E-state index in [2.05, 4.69) is 83.7 Å². The second-order valence-corrected chi connectivity index (χ2v) is 6.18. The molecule has 0 aliphatic rings. The molecule has 0 aliphatic heterocycles. The number of benzene rings is 1. The smallest absolute Gasteiger partial charge is 0.191 e. The molecule has 136 valence electrons. The molecule has 0 radical (unpaired) electrons. The molecular formula is C19H35N5. The molecule has 0 saturated heterocycles. The average Bonchev–Trinajstić information content (AvgIpc) is 2.60. The fourth-order valence-corrected chi connectivity index (χ4v) is 2.81. The van der Waals surface area contributed by atoms with Gasteiger partial charge in [-0.25, -0.2) is 0 Å². The van der Waals surface area contributed by atoms with Gasteiger partial charge in [-0.05, 0) is 45.7 Å². The molecule has 24 heavy (non-hydrogen) atoms. The van der Waals surface area contributed by atoms with Crippen molar-refractivity contribution in [3.63, 3.8) is 0 Å². The van der Waals surface area contributed by atoms with E-state index in [1.165, 1.54) is 5.56 Å². The minimum atomic E-state index is 0.349. The van der Waals surface area contributed by atoms with Crippen LogP contribution >= 0.6 is 0 Å². The van der Waals surface area contributed by atoms with Gasteiger partial charge in [0, 0.05) is 20.1 Å². The van der Waals surface area contributed by atoms with Gasteiger partial charge in [-0.1, -0.05) is 44.2 Å². The number of rotatable bonds is 10. The van der Waals surface area contributed by atoms with Crippen LogP contribution in [0.25, 0.3) is 0 Å². The molecule has 0 fully saturated rings. The van der Waals surface area contributed by atoms with Gasteiger partial charge in [0.25, 0.3) is 0 Å². The highest BCUT2D eigenvalue weighted by molar-refractivity contribution is 5.79. The summed E-state index contributed by atoms with van der Waals surface area (Å²) in [5, 5.41) is 6.89. The lowest BCUT2D eigenvalue weighted by Gasteiger charge is -2.30. The van der Waals surface area contributed by atoms with Crippen molar-refractivity contribution in [3.05, 3.63) is 35.9 Å². The molecule has 1 unspecified atom stereocenters. The zero-order chi connectivity index (χ0) is 17.8. The highest BCUT2D eigenvalue weighted by Crippen LogP contribution is 2.19. The molecular weight excluding hydrogens is 298 g/mol. The van der Waals surface area contributed by atoms with Gasteiger partial charge in [0.1, 0.15) is 0 Å². The molecule has 0 bridgehead atoms. The summed E-state index contributed by atoms with van der Waals surface area (Å²) in [6.07, 6.45) is 1.10.